The maximum absolute atomic E-state index is 13.1. The van der Waals surface area contributed by atoms with Gasteiger partial charge in [0, 0.05) is 17.2 Å². The van der Waals surface area contributed by atoms with Gasteiger partial charge in [-0.15, -0.1) is 0 Å². The minimum atomic E-state index is -1.77. The molecule has 2 aromatic carbocycles. The molecule has 0 saturated heterocycles. The number of carbonyl (C=O) groups is 2. The number of nitrogens with one attached hydrogen (secondary N) is 1. The maximum atomic E-state index is 13.1. The van der Waals surface area contributed by atoms with E-state index < -0.39 is 22.4 Å². The number of alkyl halides is 3. The van der Waals surface area contributed by atoms with E-state index in [2.05, 4.69) is 10.2 Å². The molecule has 10 heteroatoms. The lowest BCUT2D eigenvalue weighted by Crippen LogP contribution is -2.30. The standard InChI is InChI=1S/C22H23Cl3N4O3/c1-21(2,3)17-11-19(28-27-17)29(20(31)32-12-22(23,24)25)15-8-13-6-4-5-7-16(13)14(9-15)10-18(26)30/h4-9,11H,10,12H2,1-3H3,(H2,26,30)(H,27,28). The topological polar surface area (TPSA) is 101 Å². The van der Waals surface area contributed by atoms with Gasteiger partial charge in [-0.05, 0) is 28.5 Å². The lowest BCUT2D eigenvalue weighted by molar-refractivity contribution is -0.117. The van der Waals surface area contributed by atoms with Gasteiger partial charge in [0.15, 0.2) is 5.82 Å². The number of anilines is 2. The van der Waals surface area contributed by atoms with E-state index in [4.69, 9.17) is 45.3 Å². The first kappa shape index (κ1) is 24.2. The minimum Gasteiger partial charge on any atom is -0.444 e. The highest BCUT2D eigenvalue weighted by atomic mass is 35.6. The van der Waals surface area contributed by atoms with Gasteiger partial charge in [0.2, 0.25) is 9.70 Å². The number of halogens is 3. The number of nitrogens with zero attached hydrogens (tertiary/aromatic N) is 2. The fraction of sp³-hybridized carbons (Fsp3) is 0.318. The van der Waals surface area contributed by atoms with Gasteiger partial charge in [0.1, 0.15) is 6.61 Å². The Morgan fingerprint density at radius 2 is 1.81 bits per heavy atom. The van der Waals surface area contributed by atoms with Crippen LogP contribution in [0.5, 0.6) is 0 Å². The number of hydrogen-bond donors (Lipinski definition) is 2. The van der Waals surface area contributed by atoms with Crippen molar-refractivity contribution in [2.75, 3.05) is 11.5 Å². The van der Waals surface area contributed by atoms with Crippen molar-refractivity contribution in [1.82, 2.24) is 10.2 Å². The molecule has 0 fully saturated rings. The van der Waals surface area contributed by atoms with Crippen LogP contribution in [0.3, 0.4) is 0 Å². The number of ether oxygens (including phenoxy) is 1. The van der Waals surface area contributed by atoms with Crippen molar-refractivity contribution in [3.63, 3.8) is 0 Å². The van der Waals surface area contributed by atoms with Crippen LogP contribution >= 0.6 is 34.8 Å². The molecule has 0 saturated carbocycles. The molecule has 0 aliphatic carbocycles. The molecule has 0 radical (unpaired) electrons. The molecule has 3 aromatic rings. The van der Waals surface area contributed by atoms with Gasteiger partial charge < -0.3 is 10.5 Å². The number of carbonyl (C=O) groups excluding carboxylic acids is 2. The number of nitrogens with two attached hydrogens (primary N) is 1. The Morgan fingerprint density at radius 1 is 1.12 bits per heavy atom. The van der Waals surface area contributed by atoms with Crippen LogP contribution in [0.2, 0.25) is 0 Å². The Labute approximate surface area is 200 Å². The molecule has 2 amide bonds. The van der Waals surface area contributed by atoms with E-state index in [1.54, 1.807) is 18.2 Å². The summed E-state index contributed by atoms with van der Waals surface area (Å²) in [7, 11) is 0. The quantitative estimate of drug-likeness (QED) is 0.452. The molecule has 32 heavy (non-hydrogen) atoms. The fourth-order valence-electron chi connectivity index (χ4n) is 3.18. The summed E-state index contributed by atoms with van der Waals surface area (Å²) >= 11 is 17.3. The Hall–Kier alpha value is -2.48. The van der Waals surface area contributed by atoms with E-state index in [0.29, 0.717) is 17.1 Å². The van der Waals surface area contributed by atoms with Crippen molar-refractivity contribution < 1.29 is 14.3 Å². The molecule has 0 aliphatic heterocycles. The van der Waals surface area contributed by atoms with Crippen LogP contribution in [-0.4, -0.2) is 32.6 Å². The Balaban J connectivity index is 2.14. The molecular formula is C22H23Cl3N4O3. The lowest BCUT2D eigenvalue weighted by atomic mass is 9.92. The molecular weight excluding hydrogens is 475 g/mol. The monoisotopic (exact) mass is 496 g/mol. The molecule has 3 N–H and O–H groups in total. The molecule has 3 rings (SSSR count). The Morgan fingerprint density at radius 3 is 2.41 bits per heavy atom. The zero-order chi connectivity index (χ0) is 23.7. The smallest absolute Gasteiger partial charge is 0.420 e. The normalized spacial score (nSPS) is 12.1. The van der Waals surface area contributed by atoms with Crippen molar-refractivity contribution in [2.24, 2.45) is 5.73 Å². The SMILES string of the molecule is CC(C)(C)c1cc(N(C(=O)OCC(Cl)(Cl)Cl)c2cc(CC(N)=O)c3ccccc3c2)n[nH]1. The van der Waals surface area contributed by atoms with E-state index in [1.807, 2.05) is 45.0 Å². The number of hydrogen-bond acceptors (Lipinski definition) is 4. The fourth-order valence-corrected chi connectivity index (χ4v) is 3.35. The van der Waals surface area contributed by atoms with E-state index >= 15 is 0 Å². The second-order valence-electron chi connectivity index (χ2n) is 8.36. The van der Waals surface area contributed by atoms with Crippen LogP contribution in [-0.2, 0) is 21.4 Å². The van der Waals surface area contributed by atoms with E-state index in [-0.39, 0.29) is 11.8 Å². The number of primary amides is 1. The summed E-state index contributed by atoms with van der Waals surface area (Å²) < 4.78 is 3.48. The molecule has 0 atom stereocenters. The number of rotatable bonds is 5. The van der Waals surface area contributed by atoms with Crippen molar-refractivity contribution in [3.8, 4) is 0 Å². The lowest BCUT2D eigenvalue weighted by Gasteiger charge is -2.23. The Bertz CT molecular complexity index is 1150. The first-order chi connectivity index (χ1) is 14.8. The van der Waals surface area contributed by atoms with Crippen LogP contribution in [0.1, 0.15) is 32.0 Å². The Kier molecular flexibility index (Phi) is 6.93. The largest absolute Gasteiger partial charge is 0.444 e. The first-order valence-corrected chi connectivity index (χ1v) is 10.9. The van der Waals surface area contributed by atoms with Crippen molar-refractivity contribution >= 4 is 69.1 Å². The zero-order valence-corrected chi connectivity index (χ0v) is 20.1. The van der Waals surface area contributed by atoms with Crippen LogP contribution in [0.4, 0.5) is 16.3 Å². The molecule has 0 spiro atoms. The van der Waals surface area contributed by atoms with Crippen LogP contribution in [0.15, 0.2) is 42.5 Å². The molecule has 1 aromatic heterocycles. The second-order valence-corrected chi connectivity index (χ2v) is 10.9. The van der Waals surface area contributed by atoms with Crippen LogP contribution in [0.25, 0.3) is 10.8 Å². The second kappa shape index (κ2) is 9.17. The summed E-state index contributed by atoms with van der Waals surface area (Å²) in [5, 5.41) is 8.92. The third kappa shape index (κ3) is 5.85. The van der Waals surface area contributed by atoms with E-state index in [9.17, 15) is 9.59 Å². The van der Waals surface area contributed by atoms with Gasteiger partial charge in [-0.25, -0.2) is 9.69 Å². The van der Waals surface area contributed by atoms with Crippen LogP contribution < -0.4 is 10.6 Å². The number of aromatic nitrogens is 2. The summed E-state index contributed by atoms with van der Waals surface area (Å²) in [6, 6.07) is 12.7. The highest BCUT2D eigenvalue weighted by Crippen LogP contribution is 2.34. The van der Waals surface area contributed by atoms with E-state index in [1.165, 1.54) is 4.90 Å². The molecule has 0 aliphatic rings. The number of fused-ring (bicyclic) bond motifs is 1. The molecule has 0 unspecified atom stereocenters. The summed E-state index contributed by atoms with van der Waals surface area (Å²) in [6.07, 6.45) is -0.789. The van der Waals surface area contributed by atoms with Gasteiger partial charge in [-0.3, -0.25) is 9.89 Å². The van der Waals surface area contributed by atoms with Gasteiger partial charge >= 0.3 is 6.09 Å². The van der Waals surface area contributed by atoms with Crippen molar-refractivity contribution in [3.05, 3.63) is 53.7 Å². The summed E-state index contributed by atoms with van der Waals surface area (Å²) in [6.45, 7) is 5.58. The summed E-state index contributed by atoms with van der Waals surface area (Å²) in [4.78, 5) is 26.0. The average molecular weight is 498 g/mol. The number of H-pyrrole nitrogens is 1. The number of benzene rings is 2. The third-order valence-corrected chi connectivity index (χ3v) is 5.03. The molecule has 0 bridgehead atoms. The number of amides is 2. The molecule has 1 heterocycles. The third-order valence-electron chi connectivity index (χ3n) is 4.70. The first-order valence-electron chi connectivity index (χ1n) is 9.74. The van der Waals surface area contributed by atoms with Gasteiger partial charge in [0.25, 0.3) is 0 Å². The predicted molar refractivity (Wildman–Crippen MR) is 128 cm³/mol. The highest BCUT2D eigenvalue weighted by molar-refractivity contribution is 6.67. The van der Waals surface area contributed by atoms with Crippen molar-refractivity contribution in [1.29, 1.82) is 0 Å². The van der Waals surface area contributed by atoms with E-state index in [0.717, 1.165) is 16.5 Å². The maximum Gasteiger partial charge on any atom is 0.420 e. The predicted octanol–water partition coefficient (Wildman–Crippen LogP) is 5.53. The summed E-state index contributed by atoms with van der Waals surface area (Å²) in [5.41, 5.74) is 7.12. The minimum absolute atomic E-state index is 0.000795. The van der Waals surface area contributed by atoms with Gasteiger partial charge in [-0.2, -0.15) is 5.10 Å². The molecule has 170 valence electrons. The van der Waals surface area contributed by atoms with Gasteiger partial charge in [-0.1, -0.05) is 79.8 Å². The summed E-state index contributed by atoms with van der Waals surface area (Å²) in [5.74, 6) is -0.197. The van der Waals surface area contributed by atoms with Gasteiger partial charge in [0.05, 0.1) is 12.1 Å². The number of aromatic amines is 1. The molecule has 7 nitrogen and oxygen atoms in total. The highest BCUT2D eigenvalue weighted by Gasteiger charge is 2.29. The van der Waals surface area contributed by atoms with Crippen LogP contribution in [0, 0.1) is 0 Å². The zero-order valence-electron chi connectivity index (χ0n) is 17.8. The average Bonchev–Trinajstić information content (AvgIpc) is 3.16. The van der Waals surface area contributed by atoms with Crippen molar-refractivity contribution in [2.45, 2.75) is 36.4 Å².